The maximum Gasteiger partial charge on any atom is 0.290 e. The van der Waals surface area contributed by atoms with Crippen LogP contribution in [0, 0.1) is 10.1 Å². The summed E-state index contributed by atoms with van der Waals surface area (Å²) in [4.78, 5) is 32.9. The van der Waals surface area contributed by atoms with Crippen LogP contribution in [0.25, 0.3) is 5.57 Å². The van der Waals surface area contributed by atoms with Crippen molar-refractivity contribution in [3.63, 3.8) is 0 Å². The number of non-ortho nitro benzene ring substituents is 1. The summed E-state index contributed by atoms with van der Waals surface area (Å²) in [5, 5.41) is 12.3. The Morgan fingerprint density at radius 3 is 2.33 bits per heavy atom. The van der Waals surface area contributed by atoms with Gasteiger partial charge in [-0.25, -0.2) is 0 Å². The Morgan fingerprint density at radius 1 is 1.28 bits per heavy atom. The van der Waals surface area contributed by atoms with E-state index in [0.29, 0.717) is 16.0 Å². The van der Waals surface area contributed by atoms with Crippen molar-refractivity contribution < 1.29 is 14.5 Å². The molecule has 1 aromatic rings. The van der Waals surface area contributed by atoms with Crippen LogP contribution in [0.4, 0.5) is 10.5 Å². The van der Waals surface area contributed by atoms with Crippen molar-refractivity contribution in [2.75, 3.05) is 0 Å². The molecule has 0 saturated carbocycles. The monoisotopic (exact) mass is 264 g/mol. The van der Waals surface area contributed by atoms with Gasteiger partial charge in [-0.2, -0.15) is 0 Å². The Bertz CT molecular complexity index is 577. The Morgan fingerprint density at radius 2 is 1.89 bits per heavy atom. The van der Waals surface area contributed by atoms with Gasteiger partial charge in [0.15, 0.2) is 0 Å². The van der Waals surface area contributed by atoms with Crippen LogP contribution in [0.5, 0.6) is 0 Å². The van der Waals surface area contributed by atoms with Gasteiger partial charge in [-0.15, -0.1) is 0 Å². The van der Waals surface area contributed by atoms with E-state index >= 15 is 0 Å². The van der Waals surface area contributed by atoms with Gasteiger partial charge >= 0.3 is 0 Å². The van der Waals surface area contributed by atoms with E-state index in [4.69, 9.17) is 0 Å². The van der Waals surface area contributed by atoms with E-state index < -0.39 is 16.1 Å². The van der Waals surface area contributed by atoms with E-state index in [9.17, 15) is 19.7 Å². The summed E-state index contributed by atoms with van der Waals surface area (Å²) >= 11 is 0.833. The molecule has 0 aromatic heterocycles. The second kappa shape index (κ2) is 4.61. The number of thioether (sulfide) groups is 1. The number of nitrogens with zero attached hydrogens (tertiary/aromatic N) is 1. The van der Waals surface area contributed by atoms with Gasteiger partial charge in [0.25, 0.3) is 16.8 Å². The van der Waals surface area contributed by atoms with Crippen molar-refractivity contribution in [3.8, 4) is 0 Å². The van der Waals surface area contributed by atoms with E-state index in [1.165, 1.54) is 12.1 Å². The summed E-state index contributed by atoms with van der Waals surface area (Å²) in [6.45, 7) is 1.70. The first-order valence-electron chi connectivity index (χ1n) is 4.98. The minimum absolute atomic E-state index is 0.0175. The third kappa shape index (κ3) is 2.25. The summed E-state index contributed by atoms with van der Waals surface area (Å²) in [5.74, 6) is -0.430. The summed E-state index contributed by atoms with van der Waals surface area (Å²) in [6.07, 6.45) is 0. The lowest BCUT2D eigenvalue weighted by atomic mass is 10.1. The van der Waals surface area contributed by atoms with Crippen molar-refractivity contribution >= 4 is 34.2 Å². The molecule has 18 heavy (non-hydrogen) atoms. The third-order valence-corrected chi connectivity index (χ3v) is 3.45. The molecular weight excluding hydrogens is 256 g/mol. The van der Waals surface area contributed by atoms with Gasteiger partial charge in [-0.3, -0.25) is 25.0 Å². The fraction of sp³-hybridized carbons (Fsp3) is 0.0909. The fourth-order valence-electron chi connectivity index (χ4n) is 1.53. The molecule has 0 aliphatic carbocycles. The Kier molecular flexibility index (Phi) is 3.15. The van der Waals surface area contributed by atoms with Crippen molar-refractivity contribution in [2.45, 2.75) is 6.92 Å². The number of nitrogens with one attached hydrogen (secondary N) is 1. The zero-order chi connectivity index (χ0) is 13.3. The first-order valence-corrected chi connectivity index (χ1v) is 5.79. The maximum atomic E-state index is 11.5. The Hall–Kier alpha value is -2.15. The van der Waals surface area contributed by atoms with Crippen LogP contribution in [-0.2, 0) is 4.79 Å². The highest BCUT2D eigenvalue weighted by Gasteiger charge is 2.27. The van der Waals surface area contributed by atoms with Crippen molar-refractivity contribution in [3.05, 3.63) is 44.8 Å². The van der Waals surface area contributed by atoms with E-state index in [1.54, 1.807) is 19.1 Å². The predicted molar refractivity (Wildman–Crippen MR) is 66.8 cm³/mol. The summed E-state index contributed by atoms with van der Waals surface area (Å²) in [5.41, 5.74) is 1.28. The van der Waals surface area contributed by atoms with Crippen molar-refractivity contribution in [2.24, 2.45) is 0 Å². The molecular formula is C11H8N2O4S. The first-order chi connectivity index (χ1) is 8.49. The van der Waals surface area contributed by atoms with E-state index in [2.05, 4.69) is 5.32 Å². The van der Waals surface area contributed by atoms with Crippen molar-refractivity contribution in [1.82, 2.24) is 5.32 Å². The van der Waals surface area contributed by atoms with Crippen LogP contribution >= 0.6 is 11.8 Å². The number of carbonyl (C=O) groups is 2. The molecule has 6 nitrogen and oxygen atoms in total. The molecule has 1 N–H and O–H groups in total. The summed E-state index contributed by atoms with van der Waals surface area (Å²) in [7, 11) is 0. The summed E-state index contributed by atoms with van der Waals surface area (Å²) in [6, 6.07) is 5.83. The van der Waals surface area contributed by atoms with Crippen molar-refractivity contribution in [1.29, 1.82) is 0 Å². The van der Waals surface area contributed by atoms with Gasteiger partial charge in [-0.05, 0) is 42.0 Å². The Labute approximate surface area is 106 Å². The molecule has 92 valence electrons. The minimum Gasteiger partial charge on any atom is -0.282 e. The Balaban J connectivity index is 2.37. The molecule has 1 heterocycles. The van der Waals surface area contributed by atoms with Crippen LogP contribution in [-0.4, -0.2) is 16.1 Å². The molecule has 2 amide bonds. The number of hydrogen-bond donors (Lipinski definition) is 1. The molecule has 1 aliphatic rings. The quantitative estimate of drug-likeness (QED) is 0.503. The zero-order valence-corrected chi connectivity index (χ0v) is 10.1. The van der Waals surface area contributed by atoms with Gasteiger partial charge in [-0.1, -0.05) is 0 Å². The molecule has 0 atom stereocenters. The highest BCUT2D eigenvalue weighted by molar-refractivity contribution is 8.18. The lowest BCUT2D eigenvalue weighted by Gasteiger charge is -2.03. The number of benzene rings is 1. The minimum atomic E-state index is -0.493. The van der Waals surface area contributed by atoms with Gasteiger partial charge in [0, 0.05) is 12.1 Å². The van der Waals surface area contributed by atoms with E-state index in [-0.39, 0.29) is 5.69 Å². The smallest absolute Gasteiger partial charge is 0.282 e. The lowest BCUT2D eigenvalue weighted by molar-refractivity contribution is -0.384. The zero-order valence-electron chi connectivity index (χ0n) is 9.30. The number of imide groups is 1. The normalized spacial score (nSPS) is 17.6. The standard InChI is InChI=1S/C11H8N2O4S/c1-6(9-10(14)12-11(15)18-9)7-2-4-8(5-3-7)13(16)17/h2-5H,1H3,(H,12,14,15)/b9-6+. The van der Waals surface area contributed by atoms with Gasteiger partial charge in [0.1, 0.15) is 0 Å². The first kappa shape index (κ1) is 12.3. The predicted octanol–water partition coefficient (Wildman–Crippen LogP) is 2.31. The fourth-order valence-corrected chi connectivity index (χ4v) is 2.27. The molecule has 2 rings (SSSR count). The molecule has 1 fully saturated rings. The topological polar surface area (TPSA) is 89.3 Å². The molecule has 1 aliphatic heterocycles. The number of nitro benzene ring substituents is 1. The second-order valence-electron chi connectivity index (χ2n) is 3.60. The second-order valence-corrected chi connectivity index (χ2v) is 4.58. The highest BCUT2D eigenvalue weighted by Crippen LogP contribution is 2.31. The maximum absolute atomic E-state index is 11.5. The van der Waals surface area contributed by atoms with Crippen LogP contribution in [0.1, 0.15) is 12.5 Å². The lowest BCUT2D eigenvalue weighted by Crippen LogP contribution is -2.18. The van der Waals surface area contributed by atoms with Gasteiger partial charge < -0.3 is 0 Å². The number of carbonyl (C=O) groups excluding carboxylic acids is 2. The van der Waals surface area contributed by atoms with Crippen LogP contribution in [0.3, 0.4) is 0 Å². The van der Waals surface area contributed by atoms with Crippen LogP contribution < -0.4 is 5.32 Å². The molecule has 7 heteroatoms. The highest BCUT2D eigenvalue weighted by atomic mass is 32.2. The van der Waals surface area contributed by atoms with Crippen LogP contribution in [0.2, 0.25) is 0 Å². The average Bonchev–Trinajstić information content (AvgIpc) is 2.67. The number of nitro groups is 1. The number of allylic oxidation sites excluding steroid dienone is 1. The van der Waals surface area contributed by atoms with Crippen LogP contribution in [0.15, 0.2) is 29.2 Å². The molecule has 1 aromatic carbocycles. The number of amides is 2. The molecule has 0 bridgehead atoms. The van der Waals surface area contributed by atoms with E-state index in [0.717, 1.165) is 11.8 Å². The number of hydrogen-bond acceptors (Lipinski definition) is 5. The molecule has 1 saturated heterocycles. The average molecular weight is 264 g/mol. The molecule has 0 unspecified atom stereocenters. The number of rotatable bonds is 2. The van der Waals surface area contributed by atoms with E-state index in [1.807, 2.05) is 0 Å². The third-order valence-electron chi connectivity index (χ3n) is 2.47. The van der Waals surface area contributed by atoms with Gasteiger partial charge in [0.05, 0.1) is 9.83 Å². The largest absolute Gasteiger partial charge is 0.290 e. The molecule has 0 spiro atoms. The molecule has 0 radical (unpaired) electrons. The van der Waals surface area contributed by atoms with Gasteiger partial charge in [0.2, 0.25) is 0 Å². The SMILES string of the molecule is C/C(=C1\SC(=O)NC1=O)c1ccc([N+](=O)[O-])cc1. The summed E-state index contributed by atoms with van der Waals surface area (Å²) < 4.78 is 0.